The van der Waals surface area contributed by atoms with Crippen LogP contribution in [0.5, 0.6) is 0 Å². The quantitative estimate of drug-likeness (QED) is 0.789. The van der Waals surface area contributed by atoms with Gasteiger partial charge in [0.15, 0.2) is 0 Å². The summed E-state index contributed by atoms with van der Waals surface area (Å²) in [7, 11) is 0. The Morgan fingerprint density at radius 3 is 2.29 bits per heavy atom. The topological polar surface area (TPSA) is 12.0 Å². The molecule has 1 atom stereocenters. The van der Waals surface area contributed by atoms with Crippen LogP contribution in [0.1, 0.15) is 37.5 Å². The summed E-state index contributed by atoms with van der Waals surface area (Å²) in [6.45, 7) is 13.4. The average Bonchev–Trinajstić information content (AvgIpc) is 2.23. The predicted molar refractivity (Wildman–Crippen MR) is 76.5 cm³/mol. The van der Waals surface area contributed by atoms with Gasteiger partial charge in [-0.05, 0) is 61.9 Å². The second-order valence-corrected chi connectivity index (χ2v) is 5.78. The molecule has 1 N–H and O–H groups in total. The lowest BCUT2D eigenvalue weighted by molar-refractivity contribution is 0.473. The van der Waals surface area contributed by atoms with Crippen molar-refractivity contribution in [1.29, 1.82) is 0 Å². The average molecular weight is 233 g/mol. The summed E-state index contributed by atoms with van der Waals surface area (Å²) >= 11 is 0. The van der Waals surface area contributed by atoms with E-state index in [-0.39, 0.29) is 0 Å². The third-order valence-corrected chi connectivity index (χ3v) is 3.20. The van der Waals surface area contributed by atoms with Gasteiger partial charge in [0, 0.05) is 0 Å². The van der Waals surface area contributed by atoms with Crippen molar-refractivity contribution in [2.75, 3.05) is 13.1 Å². The van der Waals surface area contributed by atoms with E-state index in [0.29, 0.717) is 5.92 Å². The zero-order valence-corrected chi connectivity index (χ0v) is 12.0. The van der Waals surface area contributed by atoms with Gasteiger partial charge >= 0.3 is 0 Å². The van der Waals surface area contributed by atoms with Gasteiger partial charge in [-0.15, -0.1) is 0 Å². The van der Waals surface area contributed by atoms with Crippen molar-refractivity contribution >= 4 is 0 Å². The van der Waals surface area contributed by atoms with Gasteiger partial charge in [0.05, 0.1) is 0 Å². The molecule has 0 radical (unpaired) electrons. The van der Waals surface area contributed by atoms with Crippen LogP contribution in [-0.4, -0.2) is 13.1 Å². The largest absolute Gasteiger partial charge is 0.316 e. The number of hydrogen-bond acceptors (Lipinski definition) is 1. The highest BCUT2D eigenvalue weighted by Crippen LogP contribution is 2.13. The Balaban J connectivity index is 2.39. The molecule has 0 amide bonds. The van der Waals surface area contributed by atoms with Crippen molar-refractivity contribution in [3.05, 3.63) is 34.9 Å². The highest BCUT2D eigenvalue weighted by Gasteiger charge is 2.05. The molecule has 17 heavy (non-hydrogen) atoms. The predicted octanol–water partition coefficient (Wildman–Crippen LogP) is 3.73. The molecular formula is C16H27N. The SMILES string of the molecule is Cc1ccc(CC(C)CNCC(C)C)cc1C. The zero-order chi connectivity index (χ0) is 12.8. The lowest BCUT2D eigenvalue weighted by atomic mass is 9.98. The molecule has 0 aliphatic rings. The van der Waals surface area contributed by atoms with Crippen LogP contribution in [0.25, 0.3) is 0 Å². The van der Waals surface area contributed by atoms with Crippen molar-refractivity contribution in [3.8, 4) is 0 Å². The van der Waals surface area contributed by atoms with E-state index >= 15 is 0 Å². The third kappa shape index (κ3) is 5.36. The summed E-state index contributed by atoms with van der Waals surface area (Å²) in [5.74, 6) is 1.44. The molecule has 1 unspecified atom stereocenters. The second-order valence-electron chi connectivity index (χ2n) is 5.78. The van der Waals surface area contributed by atoms with Crippen molar-refractivity contribution < 1.29 is 0 Å². The summed E-state index contributed by atoms with van der Waals surface area (Å²) in [5.41, 5.74) is 4.26. The Hall–Kier alpha value is -0.820. The minimum absolute atomic E-state index is 0.704. The minimum Gasteiger partial charge on any atom is -0.316 e. The van der Waals surface area contributed by atoms with Crippen LogP contribution in [0.2, 0.25) is 0 Å². The van der Waals surface area contributed by atoms with Crippen LogP contribution in [0.3, 0.4) is 0 Å². The molecule has 1 heteroatoms. The normalized spacial score (nSPS) is 13.1. The van der Waals surface area contributed by atoms with Gasteiger partial charge in [0.25, 0.3) is 0 Å². The Kier molecular flexibility index (Phi) is 5.70. The Morgan fingerprint density at radius 1 is 1.00 bits per heavy atom. The van der Waals surface area contributed by atoms with Gasteiger partial charge in [-0.3, -0.25) is 0 Å². The van der Waals surface area contributed by atoms with E-state index in [1.165, 1.54) is 23.1 Å². The van der Waals surface area contributed by atoms with Gasteiger partial charge in [0.2, 0.25) is 0 Å². The standard InChI is InChI=1S/C16H27N/c1-12(2)10-17-11-13(3)8-16-7-6-14(4)15(5)9-16/h6-7,9,12-13,17H,8,10-11H2,1-5H3. The number of nitrogens with one attached hydrogen (secondary N) is 1. The molecule has 1 aromatic carbocycles. The molecule has 0 bridgehead atoms. The molecule has 0 aromatic heterocycles. The van der Waals surface area contributed by atoms with E-state index in [9.17, 15) is 0 Å². The highest BCUT2D eigenvalue weighted by molar-refractivity contribution is 5.30. The third-order valence-electron chi connectivity index (χ3n) is 3.20. The van der Waals surface area contributed by atoms with Crippen LogP contribution in [0.15, 0.2) is 18.2 Å². The first-order valence-electron chi connectivity index (χ1n) is 6.76. The number of aryl methyl sites for hydroxylation is 2. The molecule has 96 valence electrons. The van der Waals surface area contributed by atoms with E-state index in [2.05, 4.69) is 58.1 Å². The maximum absolute atomic E-state index is 3.53. The Morgan fingerprint density at radius 2 is 1.71 bits per heavy atom. The van der Waals surface area contributed by atoms with Crippen molar-refractivity contribution in [3.63, 3.8) is 0 Å². The fraction of sp³-hybridized carbons (Fsp3) is 0.625. The van der Waals surface area contributed by atoms with E-state index in [1.807, 2.05) is 0 Å². The molecule has 0 aliphatic heterocycles. The molecule has 1 rings (SSSR count). The molecule has 0 saturated carbocycles. The monoisotopic (exact) mass is 233 g/mol. The first-order chi connectivity index (χ1) is 7.99. The van der Waals surface area contributed by atoms with Crippen LogP contribution < -0.4 is 5.32 Å². The van der Waals surface area contributed by atoms with Crippen LogP contribution >= 0.6 is 0 Å². The van der Waals surface area contributed by atoms with Crippen molar-refractivity contribution in [2.45, 2.75) is 41.0 Å². The first kappa shape index (κ1) is 14.2. The molecule has 0 heterocycles. The van der Waals surface area contributed by atoms with Gasteiger partial charge < -0.3 is 5.32 Å². The molecule has 0 fully saturated rings. The molecule has 0 saturated heterocycles. The summed E-state index contributed by atoms with van der Waals surface area (Å²) in [6.07, 6.45) is 1.17. The van der Waals surface area contributed by atoms with Gasteiger partial charge in [-0.25, -0.2) is 0 Å². The molecule has 1 aromatic rings. The first-order valence-corrected chi connectivity index (χ1v) is 6.76. The Labute approximate surface area is 107 Å². The molecule has 1 nitrogen and oxygen atoms in total. The Bertz CT molecular complexity index is 341. The van der Waals surface area contributed by atoms with Gasteiger partial charge in [-0.2, -0.15) is 0 Å². The second kappa shape index (κ2) is 6.80. The van der Waals surface area contributed by atoms with Crippen molar-refractivity contribution in [1.82, 2.24) is 5.32 Å². The maximum Gasteiger partial charge on any atom is -0.00199 e. The minimum atomic E-state index is 0.704. The summed E-state index contributed by atoms with van der Waals surface area (Å²) in [4.78, 5) is 0. The molecule has 0 spiro atoms. The van der Waals surface area contributed by atoms with Crippen LogP contribution in [0.4, 0.5) is 0 Å². The highest BCUT2D eigenvalue weighted by atomic mass is 14.9. The van der Waals surface area contributed by atoms with E-state index in [1.54, 1.807) is 0 Å². The lowest BCUT2D eigenvalue weighted by Gasteiger charge is -2.14. The molecule has 0 aliphatic carbocycles. The van der Waals surface area contributed by atoms with E-state index < -0.39 is 0 Å². The van der Waals surface area contributed by atoms with Crippen LogP contribution in [0, 0.1) is 25.7 Å². The number of benzene rings is 1. The van der Waals surface area contributed by atoms with E-state index in [4.69, 9.17) is 0 Å². The zero-order valence-electron chi connectivity index (χ0n) is 12.0. The fourth-order valence-corrected chi connectivity index (χ4v) is 2.02. The summed E-state index contributed by atoms with van der Waals surface area (Å²) < 4.78 is 0. The van der Waals surface area contributed by atoms with Gasteiger partial charge in [0.1, 0.15) is 0 Å². The van der Waals surface area contributed by atoms with Crippen LogP contribution in [-0.2, 0) is 6.42 Å². The number of rotatable bonds is 6. The van der Waals surface area contributed by atoms with E-state index in [0.717, 1.165) is 19.0 Å². The maximum atomic E-state index is 3.53. The lowest BCUT2D eigenvalue weighted by Crippen LogP contribution is -2.26. The van der Waals surface area contributed by atoms with Gasteiger partial charge in [-0.1, -0.05) is 39.0 Å². The smallest absolute Gasteiger partial charge is 0.00199 e. The summed E-state index contributed by atoms with van der Waals surface area (Å²) in [5, 5.41) is 3.53. The number of hydrogen-bond donors (Lipinski definition) is 1. The fourth-order valence-electron chi connectivity index (χ4n) is 2.02. The molecular weight excluding hydrogens is 206 g/mol. The summed E-state index contributed by atoms with van der Waals surface area (Å²) in [6, 6.07) is 6.83. The van der Waals surface area contributed by atoms with Crippen molar-refractivity contribution in [2.24, 2.45) is 11.8 Å².